The summed E-state index contributed by atoms with van der Waals surface area (Å²) in [4.78, 5) is 17.5. The van der Waals surface area contributed by atoms with Gasteiger partial charge in [-0.1, -0.05) is 0 Å². The second kappa shape index (κ2) is 5.07. The number of benzene rings is 1. The standard InChI is InChI=1S/C15H17N3O2/c1-10-4-2-3-9-18(10)12-7-8-16-15-13(19)6-5-11(17-20)14(12)15/h5-8,10,19H,2-4,9H2,1H3. The van der Waals surface area contributed by atoms with Crippen LogP contribution in [0.15, 0.2) is 29.6 Å². The Morgan fingerprint density at radius 3 is 2.95 bits per heavy atom. The van der Waals surface area contributed by atoms with E-state index in [2.05, 4.69) is 22.0 Å². The number of pyridine rings is 1. The van der Waals surface area contributed by atoms with Gasteiger partial charge in [-0.15, -0.1) is 4.91 Å². The van der Waals surface area contributed by atoms with Crippen LogP contribution in [0.3, 0.4) is 0 Å². The number of nitrogens with zero attached hydrogens (tertiary/aromatic N) is 3. The fraction of sp³-hybridized carbons (Fsp3) is 0.400. The molecule has 2 heterocycles. The fourth-order valence-corrected chi connectivity index (χ4v) is 2.99. The monoisotopic (exact) mass is 271 g/mol. The molecule has 5 nitrogen and oxygen atoms in total. The van der Waals surface area contributed by atoms with Crippen molar-refractivity contribution in [1.82, 2.24) is 4.98 Å². The third kappa shape index (κ3) is 1.99. The molecular weight excluding hydrogens is 254 g/mol. The minimum atomic E-state index is 0.0823. The maximum atomic E-state index is 11.1. The second-order valence-electron chi connectivity index (χ2n) is 5.29. The number of nitroso groups, excluding NO2 is 1. The fourth-order valence-electron chi connectivity index (χ4n) is 2.99. The highest BCUT2D eigenvalue weighted by atomic mass is 16.3. The van der Waals surface area contributed by atoms with E-state index in [-0.39, 0.29) is 5.75 Å². The Balaban J connectivity index is 2.24. The summed E-state index contributed by atoms with van der Waals surface area (Å²) in [5.74, 6) is 0.0823. The topological polar surface area (TPSA) is 65.8 Å². The van der Waals surface area contributed by atoms with Crippen molar-refractivity contribution in [3.8, 4) is 5.75 Å². The van der Waals surface area contributed by atoms with Crippen LogP contribution in [0, 0.1) is 4.91 Å². The lowest BCUT2D eigenvalue weighted by Crippen LogP contribution is -2.37. The quantitative estimate of drug-likeness (QED) is 0.845. The molecule has 1 unspecified atom stereocenters. The molecule has 1 fully saturated rings. The molecule has 0 amide bonds. The molecule has 0 aliphatic carbocycles. The van der Waals surface area contributed by atoms with Gasteiger partial charge in [0.05, 0.1) is 11.1 Å². The lowest BCUT2D eigenvalue weighted by atomic mass is 10.0. The van der Waals surface area contributed by atoms with Gasteiger partial charge in [0.2, 0.25) is 0 Å². The number of aromatic hydroxyl groups is 1. The molecule has 2 aromatic rings. The highest BCUT2D eigenvalue weighted by Crippen LogP contribution is 2.39. The van der Waals surface area contributed by atoms with Gasteiger partial charge in [0.1, 0.15) is 17.0 Å². The van der Waals surface area contributed by atoms with E-state index >= 15 is 0 Å². The zero-order valence-corrected chi connectivity index (χ0v) is 11.4. The Morgan fingerprint density at radius 1 is 1.35 bits per heavy atom. The Hall–Kier alpha value is -2.17. The van der Waals surface area contributed by atoms with Crippen molar-refractivity contribution in [1.29, 1.82) is 0 Å². The Labute approximate surface area is 117 Å². The van der Waals surface area contributed by atoms with Gasteiger partial charge in [0.15, 0.2) is 0 Å². The average molecular weight is 271 g/mol. The highest BCUT2D eigenvalue weighted by molar-refractivity contribution is 6.03. The van der Waals surface area contributed by atoms with Crippen molar-refractivity contribution in [2.24, 2.45) is 5.18 Å². The van der Waals surface area contributed by atoms with Crippen LogP contribution in [0.1, 0.15) is 26.2 Å². The predicted octanol–water partition coefficient (Wildman–Crippen LogP) is 3.72. The van der Waals surface area contributed by atoms with Crippen LogP contribution < -0.4 is 4.90 Å². The Bertz CT molecular complexity index is 657. The number of hydrogen-bond acceptors (Lipinski definition) is 5. The number of rotatable bonds is 2. The van der Waals surface area contributed by atoms with E-state index in [4.69, 9.17) is 0 Å². The molecule has 0 radical (unpaired) electrons. The lowest BCUT2D eigenvalue weighted by Gasteiger charge is -2.36. The maximum Gasteiger partial charge on any atom is 0.142 e. The van der Waals surface area contributed by atoms with E-state index in [9.17, 15) is 10.0 Å². The molecule has 1 atom stereocenters. The smallest absolute Gasteiger partial charge is 0.142 e. The number of phenolic OH excluding ortho intramolecular Hbond substituents is 1. The number of fused-ring (bicyclic) bond motifs is 1. The van der Waals surface area contributed by atoms with E-state index in [1.807, 2.05) is 6.07 Å². The highest BCUT2D eigenvalue weighted by Gasteiger charge is 2.22. The first kappa shape index (κ1) is 12.8. The van der Waals surface area contributed by atoms with E-state index < -0.39 is 0 Å². The first-order valence-electron chi connectivity index (χ1n) is 6.93. The molecule has 1 aliphatic heterocycles. The maximum absolute atomic E-state index is 11.1. The van der Waals surface area contributed by atoms with Crippen molar-refractivity contribution in [3.05, 3.63) is 29.3 Å². The van der Waals surface area contributed by atoms with E-state index in [0.717, 1.165) is 25.1 Å². The van der Waals surface area contributed by atoms with Gasteiger partial charge in [0.25, 0.3) is 0 Å². The van der Waals surface area contributed by atoms with Gasteiger partial charge >= 0.3 is 0 Å². The Kier molecular flexibility index (Phi) is 3.26. The molecule has 1 aromatic heterocycles. The summed E-state index contributed by atoms with van der Waals surface area (Å²) in [6, 6.07) is 5.33. The van der Waals surface area contributed by atoms with Gasteiger partial charge in [-0.05, 0) is 49.6 Å². The first-order chi connectivity index (χ1) is 9.72. The summed E-state index contributed by atoms with van der Waals surface area (Å²) in [5.41, 5.74) is 1.71. The van der Waals surface area contributed by atoms with E-state index in [1.165, 1.54) is 12.5 Å². The first-order valence-corrected chi connectivity index (χ1v) is 6.93. The molecule has 1 N–H and O–H groups in total. The summed E-state index contributed by atoms with van der Waals surface area (Å²) < 4.78 is 0. The predicted molar refractivity (Wildman–Crippen MR) is 79.5 cm³/mol. The summed E-state index contributed by atoms with van der Waals surface area (Å²) >= 11 is 0. The second-order valence-corrected chi connectivity index (χ2v) is 5.29. The molecule has 1 aliphatic rings. The number of anilines is 1. The largest absolute Gasteiger partial charge is 0.506 e. The third-order valence-electron chi connectivity index (χ3n) is 4.04. The summed E-state index contributed by atoms with van der Waals surface area (Å²) in [6.45, 7) is 3.14. The average Bonchev–Trinajstić information content (AvgIpc) is 2.48. The Morgan fingerprint density at radius 2 is 2.20 bits per heavy atom. The number of hydrogen-bond donors (Lipinski definition) is 1. The summed E-state index contributed by atoms with van der Waals surface area (Å²) in [6.07, 6.45) is 5.17. The molecular formula is C15H17N3O2. The van der Waals surface area contributed by atoms with E-state index in [1.54, 1.807) is 12.3 Å². The van der Waals surface area contributed by atoms with Crippen molar-refractivity contribution >= 4 is 22.3 Å². The summed E-state index contributed by atoms with van der Waals surface area (Å²) in [7, 11) is 0. The molecule has 0 bridgehead atoms. The van der Waals surface area contributed by atoms with Gasteiger partial charge in [-0.25, -0.2) is 0 Å². The van der Waals surface area contributed by atoms with Crippen LogP contribution >= 0.6 is 0 Å². The van der Waals surface area contributed by atoms with Gasteiger partial charge < -0.3 is 10.0 Å². The van der Waals surface area contributed by atoms with Crippen molar-refractivity contribution in [3.63, 3.8) is 0 Å². The number of aromatic nitrogens is 1. The normalized spacial score (nSPS) is 19.2. The molecule has 104 valence electrons. The van der Waals surface area contributed by atoms with Crippen LogP contribution in [-0.4, -0.2) is 22.7 Å². The van der Waals surface area contributed by atoms with Crippen LogP contribution in [0.4, 0.5) is 11.4 Å². The van der Waals surface area contributed by atoms with Crippen LogP contribution in [0.5, 0.6) is 5.75 Å². The minimum Gasteiger partial charge on any atom is -0.506 e. The molecule has 5 heteroatoms. The van der Waals surface area contributed by atoms with Gasteiger partial charge in [-0.2, -0.15) is 0 Å². The zero-order chi connectivity index (χ0) is 14.1. The summed E-state index contributed by atoms with van der Waals surface area (Å²) in [5, 5.41) is 13.7. The van der Waals surface area contributed by atoms with Crippen molar-refractivity contribution in [2.45, 2.75) is 32.2 Å². The molecule has 1 saturated heterocycles. The molecule has 0 spiro atoms. The van der Waals surface area contributed by atoms with Crippen LogP contribution in [-0.2, 0) is 0 Å². The van der Waals surface area contributed by atoms with Gasteiger partial charge in [-0.3, -0.25) is 4.98 Å². The third-order valence-corrected chi connectivity index (χ3v) is 4.04. The molecule has 3 rings (SSSR count). The van der Waals surface area contributed by atoms with Gasteiger partial charge in [0, 0.05) is 18.8 Å². The molecule has 1 aromatic carbocycles. The molecule has 20 heavy (non-hydrogen) atoms. The number of piperidine rings is 1. The lowest BCUT2D eigenvalue weighted by molar-refractivity contribution is 0.479. The van der Waals surface area contributed by atoms with E-state index in [0.29, 0.717) is 22.6 Å². The molecule has 0 saturated carbocycles. The SMILES string of the molecule is CC1CCCCN1c1ccnc2c(O)ccc(N=O)c12. The number of phenols is 1. The van der Waals surface area contributed by atoms with Crippen molar-refractivity contribution < 1.29 is 5.11 Å². The zero-order valence-electron chi connectivity index (χ0n) is 11.4. The van der Waals surface area contributed by atoms with Crippen LogP contribution in [0.2, 0.25) is 0 Å². The minimum absolute atomic E-state index is 0.0823. The van der Waals surface area contributed by atoms with Crippen LogP contribution in [0.25, 0.3) is 10.9 Å². The van der Waals surface area contributed by atoms with Crippen molar-refractivity contribution in [2.75, 3.05) is 11.4 Å².